The van der Waals surface area contributed by atoms with Gasteiger partial charge in [-0.25, -0.2) is 4.79 Å². The molecule has 2 heterocycles. The van der Waals surface area contributed by atoms with Gasteiger partial charge in [0.05, 0.1) is 25.3 Å². The third-order valence-electron chi connectivity index (χ3n) is 6.45. The van der Waals surface area contributed by atoms with Crippen molar-refractivity contribution in [1.29, 1.82) is 0 Å². The van der Waals surface area contributed by atoms with Crippen LogP contribution in [0.25, 0.3) is 17.0 Å². The van der Waals surface area contributed by atoms with Crippen molar-refractivity contribution in [3.05, 3.63) is 107 Å². The third kappa shape index (κ3) is 4.60. The molecule has 0 saturated carbocycles. The predicted molar refractivity (Wildman–Crippen MR) is 138 cm³/mol. The molecule has 36 heavy (non-hydrogen) atoms. The number of aromatic nitrogens is 2. The maximum Gasteiger partial charge on any atom is 0.322 e. The van der Waals surface area contributed by atoms with Crippen LogP contribution >= 0.6 is 0 Å². The molecule has 0 bridgehead atoms. The van der Waals surface area contributed by atoms with Crippen molar-refractivity contribution in [3.8, 4) is 17.1 Å². The van der Waals surface area contributed by atoms with Crippen LogP contribution in [0.4, 0.5) is 4.79 Å². The molecule has 7 heteroatoms. The summed E-state index contributed by atoms with van der Waals surface area (Å²) in [6.45, 7) is 6.44. The molecule has 5 rings (SSSR count). The van der Waals surface area contributed by atoms with Crippen molar-refractivity contribution in [2.75, 3.05) is 7.11 Å². The van der Waals surface area contributed by atoms with Crippen LogP contribution in [-0.4, -0.2) is 28.2 Å². The number of carbonyl (C=O) groups excluding carboxylic acids is 1. The fourth-order valence-electron chi connectivity index (χ4n) is 4.35. The molecule has 3 aromatic carbocycles. The number of amides is 2. The number of ether oxygens (including phenoxy) is 1. The number of nitrogens with zero attached hydrogens (tertiary/aromatic N) is 3. The minimum atomic E-state index is -0.425. The van der Waals surface area contributed by atoms with E-state index in [9.17, 15) is 4.79 Å². The summed E-state index contributed by atoms with van der Waals surface area (Å²) in [6, 6.07) is 23.2. The topological polar surface area (TPSA) is 80.5 Å². The summed E-state index contributed by atoms with van der Waals surface area (Å²) >= 11 is 0. The van der Waals surface area contributed by atoms with Gasteiger partial charge in [0.1, 0.15) is 5.75 Å². The van der Waals surface area contributed by atoms with E-state index >= 15 is 0 Å². The predicted octanol–water partition coefficient (Wildman–Crippen LogP) is 6.06. The molecule has 1 aromatic heterocycles. The number of benzene rings is 3. The third-order valence-corrected chi connectivity index (χ3v) is 6.45. The van der Waals surface area contributed by atoms with Crippen LogP contribution in [0.3, 0.4) is 0 Å². The van der Waals surface area contributed by atoms with Gasteiger partial charge in [-0.1, -0.05) is 76.9 Å². The number of hydrogen-bond donors (Lipinski definition) is 1. The van der Waals surface area contributed by atoms with E-state index in [0.29, 0.717) is 24.0 Å². The highest BCUT2D eigenvalue weighted by Gasteiger charge is 2.35. The molecule has 0 fully saturated rings. The zero-order valence-corrected chi connectivity index (χ0v) is 20.8. The van der Waals surface area contributed by atoms with Gasteiger partial charge < -0.3 is 14.6 Å². The SMILES string of the molecule is COc1cccc(-c2noc(C3=C(C)N(Cc4ccc(C)cc4)C(=O)NC3c3ccc(C)cc3)n2)c1. The average molecular weight is 481 g/mol. The van der Waals surface area contributed by atoms with E-state index in [0.717, 1.165) is 33.5 Å². The van der Waals surface area contributed by atoms with Crippen molar-refractivity contribution < 1.29 is 14.1 Å². The summed E-state index contributed by atoms with van der Waals surface area (Å²) in [7, 11) is 1.62. The van der Waals surface area contributed by atoms with Gasteiger partial charge in [0.15, 0.2) is 0 Å². The Hall–Kier alpha value is -4.39. The summed E-state index contributed by atoms with van der Waals surface area (Å²) in [5, 5.41) is 7.41. The van der Waals surface area contributed by atoms with Crippen LogP contribution in [0.1, 0.15) is 41.1 Å². The largest absolute Gasteiger partial charge is 0.497 e. The minimum Gasteiger partial charge on any atom is -0.497 e. The van der Waals surface area contributed by atoms with Crippen molar-refractivity contribution in [2.24, 2.45) is 0 Å². The van der Waals surface area contributed by atoms with Crippen molar-refractivity contribution in [2.45, 2.75) is 33.4 Å². The summed E-state index contributed by atoms with van der Waals surface area (Å²) in [5.41, 5.74) is 6.61. The highest BCUT2D eigenvalue weighted by molar-refractivity contribution is 5.87. The molecule has 4 aromatic rings. The molecule has 0 spiro atoms. The maximum absolute atomic E-state index is 13.3. The van der Waals surface area contributed by atoms with E-state index in [4.69, 9.17) is 14.2 Å². The molecule has 2 amide bonds. The quantitative estimate of drug-likeness (QED) is 0.363. The second kappa shape index (κ2) is 9.70. The highest BCUT2D eigenvalue weighted by atomic mass is 16.5. The normalized spacial score (nSPS) is 15.7. The van der Waals surface area contributed by atoms with E-state index in [1.807, 2.05) is 93.6 Å². The van der Waals surface area contributed by atoms with Gasteiger partial charge in [0.25, 0.3) is 5.89 Å². The van der Waals surface area contributed by atoms with Crippen LogP contribution in [0, 0.1) is 13.8 Å². The lowest BCUT2D eigenvalue weighted by molar-refractivity contribution is 0.203. The first kappa shape index (κ1) is 23.4. The number of rotatable bonds is 6. The van der Waals surface area contributed by atoms with E-state index in [-0.39, 0.29) is 6.03 Å². The van der Waals surface area contributed by atoms with E-state index in [1.54, 1.807) is 12.0 Å². The molecule has 1 N–H and O–H groups in total. The number of methoxy groups -OCH3 is 1. The van der Waals surface area contributed by atoms with Crippen molar-refractivity contribution in [3.63, 3.8) is 0 Å². The van der Waals surface area contributed by atoms with Gasteiger partial charge in [-0.2, -0.15) is 4.98 Å². The molecule has 1 aliphatic rings. The highest BCUT2D eigenvalue weighted by Crippen LogP contribution is 2.38. The lowest BCUT2D eigenvalue weighted by Gasteiger charge is -2.35. The van der Waals surface area contributed by atoms with E-state index < -0.39 is 6.04 Å². The standard InChI is InChI=1S/C29H28N4O3/c1-18-8-12-21(13-9-18)17-33-20(3)25(26(30-29(33)34)22-14-10-19(2)11-15-22)28-31-27(32-36-28)23-6-5-7-24(16-23)35-4/h5-16,26H,17H2,1-4H3,(H,30,34). The first-order valence-electron chi connectivity index (χ1n) is 11.8. The van der Waals surface area contributed by atoms with Crippen molar-refractivity contribution in [1.82, 2.24) is 20.4 Å². The summed E-state index contributed by atoms with van der Waals surface area (Å²) < 4.78 is 11.1. The number of aryl methyl sites for hydroxylation is 2. The van der Waals surface area contributed by atoms with Gasteiger partial charge in [-0.05, 0) is 44.0 Å². The fraction of sp³-hybridized carbons (Fsp3) is 0.207. The molecule has 182 valence electrons. The van der Waals surface area contributed by atoms with E-state index in [2.05, 4.69) is 10.5 Å². The number of nitrogens with one attached hydrogen (secondary N) is 1. The minimum absolute atomic E-state index is 0.171. The number of hydrogen-bond acceptors (Lipinski definition) is 5. The van der Waals surface area contributed by atoms with Crippen molar-refractivity contribution >= 4 is 11.6 Å². The van der Waals surface area contributed by atoms with E-state index in [1.165, 1.54) is 5.56 Å². The van der Waals surface area contributed by atoms with Crippen LogP contribution in [0.15, 0.2) is 83.0 Å². The van der Waals surface area contributed by atoms with Gasteiger partial charge >= 0.3 is 6.03 Å². The monoisotopic (exact) mass is 480 g/mol. The Morgan fingerprint density at radius 1 is 0.972 bits per heavy atom. The van der Waals surface area contributed by atoms with Crippen LogP contribution < -0.4 is 10.1 Å². The summed E-state index contributed by atoms with van der Waals surface area (Å²) in [4.78, 5) is 19.8. The van der Waals surface area contributed by atoms with Gasteiger partial charge in [0, 0.05) is 11.3 Å². The lowest BCUT2D eigenvalue weighted by atomic mass is 9.94. The second-order valence-corrected chi connectivity index (χ2v) is 9.02. The zero-order valence-electron chi connectivity index (χ0n) is 20.8. The number of allylic oxidation sites excluding steroid dienone is 1. The zero-order chi connectivity index (χ0) is 25.2. The van der Waals surface area contributed by atoms with Crippen LogP contribution in [-0.2, 0) is 6.54 Å². The Labute approximate surface area is 210 Å². The Bertz CT molecular complexity index is 1420. The van der Waals surface area contributed by atoms with Crippen LogP contribution in [0.2, 0.25) is 0 Å². The maximum atomic E-state index is 13.3. The smallest absolute Gasteiger partial charge is 0.322 e. The van der Waals surface area contributed by atoms with Gasteiger partial charge in [-0.3, -0.25) is 4.90 Å². The Morgan fingerprint density at radius 2 is 1.67 bits per heavy atom. The first-order chi connectivity index (χ1) is 17.4. The molecule has 0 saturated heterocycles. The summed E-state index contributed by atoms with van der Waals surface area (Å²) in [6.07, 6.45) is 0. The fourth-order valence-corrected chi connectivity index (χ4v) is 4.35. The number of urea groups is 1. The number of carbonyl (C=O) groups is 1. The molecular weight excluding hydrogens is 452 g/mol. The molecule has 0 aliphatic carbocycles. The molecule has 0 radical (unpaired) electrons. The Kier molecular flexibility index (Phi) is 6.29. The lowest BCUT2D eigenvalue weighted by Crippen LogP contribution is -2.45. The second-order valence-electron chi connectivity index (χ2n) is 9.02. The molecule has 7 nitrogen and oxygen atoms in total. The average Bonchev–Trinajstić information content (AvgIpc) is 3.37. The molecule has 1 unspecified atom stereocenters. The Morgan fingerprint density at radius 3 is 2.36 bits per heavy atom. The summed E-state index contributed by atoms with van der Waals surface area (Å²) in [5.74, 6) is 1.53. The van der Waals surface area contributed by atoms with Gasteiger partial charge in [0.2, 0.25) is 5.82 Å². The van der Waals surface area contributed by atoms with Crippen LogP contribution in [0.5, 0.6) is 5.75 Å². The van der Waals surface area contributed by atoms with Gasteiger partial charge in [-0.15, -0.1) is 0 Å². The Balaban J connectivity index is 1.58. The first-order valence-corrected chi connectivity index (χ1v) is 11.8. The molecule has 1 atom stereocenters. The molecular formula is C29H28N4O3. The molecule has 1 aliphatic heterocycles.